The van der Waals surface area contributed by atoms with E-state index in [0.29, 0.717) is 48.8 Å². The van der Waals surface area contributed by atoms with Crippen molar-refractivity contribution in [3.8, 4) is 0 Å². The topological polar surface area (TPSA) is 74.2 Å². The zero-order chi connectivity index (χ0) is 34.4. The summed E-state index contributed by atoms with van der Waals surface area (Å²) in [7, 11) is -6.23. The molecule has 2 heterocycles. The normalized spacial score (nSPS) is 30.3. The Morgan fingerprint density at radius 1 is 0.889 bits per heavy atom. The minimum Gasteiger partial charge on any atom is -0.415 e. The van der Waals surface area contributed by atoms with Gasteiger partial charge in [-0.1, -0.05) is 96.1 Å². The van der Waals surface area contributed by atoms with Gasteiger partial charge in [-0.3, -0.25) is 0 Å². The van der Waals surface area contributed by atoms with Crippen LogP contribution in [0.4, 0.5) is 0 Å². The van der Waals surface area contributed by atoms with Gasteiger partial charge in [-0.15, -0.1) is 0 Å². The summed E-state index contributed by atoms with van der Waals surface area (Å²) in [6, 6.07) is 6.30. The molecule has 2 bridgehead atoms. The molecule has 6 atom stereocenters. The highest BCUT2D eigenvalue weighted by Crippen LogP contribution is 2.47. The summed E-state index contributed by atoms with van der Waals surface area (Å²) in [5, 5.41) is 11.7. The molecule has 0 aromatic carbocycles. The molecular weight excluding hydrogens is 613 g/mol. The number of ether oxygens (including phenoxy) is 1. The van der Waals surface area contributed by atoms with E-state index in [0.717, 1.165) is 41.8 Å². The summed E-state index contributed by atoms with van der Waals surface area (Å²) < 4.78 is 28.9. The van der Waals surface area contributed by atoms with Crippen LogP contribution in [0.1, 0.15) is 116 Å². The molecule has 2 aliphatic heterocycles. The second-order valence-corrected chi connectivity index (χ2v) is 30.5. The molecule has 9 heteroatoms. The Balaban J connectivity index is 2.78. The van der Waals surface area contributed by atoms with Crippen LogP contribution in [0.3, 0.4) is 0 Å². The van der Waals surface area contributed by atoms with Crippen LogP contribution in [0.5, 0.6) is 0 Å². The first kappa shape index (κ1) is 41.0. The lowest BCUT2D eigenvalue weighted by Gasteiger charge is -2.53. The summed E-state index contributed by atoms with van der Waals surface area (Å²) in [5.41, 5.74) is 0.400. The van der Waals surface area contributed by atoms with E-state index in [1.165, 1.54) is 0 Å². The first-order chi connectivity index (χ1) is 21.0. The molecule has 0 unspecified atom stereocenters. The molecule has 264 valence electrons. The number of fused-ring (bicyclic) bond motifs is 2. The smallest absolute Gasteiger partial charge is 0.200 e. The van der Waals surface area contributed by atoms with Gasteiger partial charge in [-0.25, -0.2) is 0 Å². The third-order valence-corrected chi connectivity index (χ3v) is 27.9. The Kier molecular flexibility index (Phi) is 15.1. The van der Waals surface area contributed by atoms with Crippen molar-refractivity contribution in [1.82, 2.24) is 0 Å². The molecule has 0 radical (unpaired) electrons. The highest BCUT2D eigenvalue weighted by molar-refractivity contribution is 6.77. The van der Waals surface area contributed by atoms with Crippen molar-refractivity contribution in [1.29, 1.82) is 0 Å². The molecule has 45 heavy (non-hydrogen) atoms. The van der Waals surface area contributed by atoms with Crippen molar-refractivity contribution in [2.75, 3.05) is 6.61 Å². The number of hydrogen-bond donors (Lipinski definition) is 1. The largest absolute Gasteiger partial charge is 0.415 e. The average molecular weight is 685 g/mol. The molecule has 0 aliphatic carbocycles. The number of carbonyl (C=O) groups is 1. The Bertz CT molecular complexity index is 924. The van der Waals surface area contributed by atoms with Crippen molar-refractivity contribution in [3.63, 3.8) is 0 Å². The summed E-state index contributed by atoms with van der Waals surface area (Å²) >= 11 is 0. The fourth-order valence-corrected chi connectivity index (χ4v) is 20.4. The van der Waals surface area contributed by atoms with Crippen LogP contribution in [0.25, 0.3) is 0 Å². The quantitative estimate of drug-likeness (QED) is 0.0880. The molecule has 0 spiro atoms. The molecule has 2 aliphatic rings. The molecule has 1 saturated heterocycles. The second kappa shape index (κ2) is 16.5. The fraction of sp³-hybridized carbons (Fsp3) is 0.917. The van der Waals surface area contributed by atoms with Gasteiger partial charge in [0.1, 0.15) is 11.7 Å². The van der Waals surface area contributed by atoms with E-state index in [4.69, 9.17) is 18.0 Å². The average Bonchev–Trinajstić information content (AvgIpc) is 3.00. The van der Waals surface area contributed by atoms with Crippen LogP contribution in [0, 0.1) is 5.92 Å². The molecule has 2 rings (SSSR count). The highest BCUT2D eigenvalue weighted by Gasteiger charge is 2.54. The summed E-state index contributed by atoms with van der Waals surface area (Å²) in [5.74, 6) is 0.0307. The summed E-state index contributed by atoms with van der Waals surface area (Å²) in [6.45, 7) is 32.7. The van der Waals surface area contributed by atoms with E-state index in [-0.39, 0.29) is 18.1 Å². The molecular formula is C36H72O6Si3. The fourth-order valence-electron chi connectivity index (χ4n) is 8.85. The van der Waals surface area contributed by atoms with Gasteiger partial charge in [-0.05, 0) is 78.2 Å². The van der Waals surface area contributed by atoms with Crippen LogP contribution in [-0.4, -0.2) is 72.5 Å². The van der Waals surface area contributed by atoms with Gasteiger partial charge in [0.25, 0.3) is 0 Å². The molecule has 6 nitrogen and oxygen atoms in total. The summed E-state index contributed by atoms with van der Waals surface area (Å²) in [6.07, 6.45) is 3.29. The van der Waals surface area contributed by atoms with Crippen LogP contribution in [0.2, 0.25) is 52.9 Å². The van der Waals surface area contributed by atoms with E-state index in [2.05, 4.69) is 103 Å². The lowest BCUT2D eigenvalue weighted by molar-refractivity contribution is -0.202. The highest BCUT2D eigenvalue weighted by atomic mass is 28.4. The zero-order valence-corrected chi connectivity index (χ0v) is 34.8. The van der Waals surface area contributed by atoms with E-state index in [1.807, 2.05) is 0 Å². The number of aldehydes is 1. The van der Waals surface area contributed by atoms with E-state index in [1.54, 1.807) is 0 Å². The van der Waals surface area contributed by atoms with Crippen LogP contribution in [0.15, 0.2) is 11.6 Å². The standard InChI is InChI=1S/C36H72O6Si3/c1-15-43(16-2,17-3)41-32-24-35(14,42-44(18-4,19-5)20-6)33-21-22-36(38,26-37)34(40-33)23-31(32)30(13)25-39-45(27(7)8,28(9)10)29(11)12/h23,26-30,32-34,38H,15-22,24-25H2,1-14H3/b31-23-/t30-,32+,33-,34-,35-,36-/m1/s1. The van der Waals surface area contributed by atoms with Crippen molar-refractivity contribution in [2.45, 2.75) is 199 Å². The first-order valence-corrected chi connectivity index (χ1v) is 25.7. The summed E-state index contributed by atoms with van der Waals surface area (Å²) in [4.78, 5) is 12.5. The van der Waals surface area contributed by atoms with Crippen molar-refractivity contribution in [3.05, 3.63) is 11.6 Å². The predicted molar refractivity (Wildman–Crippen MR) is 197 cm³/mol. The van der Waals surface area contributed by atoms with Crippen LogP contribution in [-0.2, 0) is 22.8 Å². The van der Waals surface area contributed by atoms with Gasteiger partial charge in [0.05, 0.1) is 17.8 Å². The number of aliphatic hydroxyl groups is 1. The van der Waals surface area contributed by atoms with Crippen LogP contribution >= 0.6 is 0 Å². The lowest BCUT2D eigenvalue weighted by Crippen LogP contribution is -2.62. The van der Waals surface area contributed by atoms with Gasteiger partial charge in [0.2, 0.25) is 0 Å². The van der Waals surface area contributed by atoms with E-state index >= 15 is 0 Å². The number of rotatable bonds is 18. The minimum atomic E-state index is -2.12. The first-order valence-electron chi connectivity index (χ1n) is 18.5. The Labute approximate surface area is 281 Å². The van der Waals surface area contributed by atoms with Gasteiger partial charge in [-0.2, -0.15) is 0 Å². The maximum absolute atomic E-state index is 12.5. The molecule has 0 aromatic rings. The molecule has 0 aromatic heterocycles. The number of carbonyl (C=O) groups excluding carboxylic acids is 1. The molecule has 1 fully saturated rings. The molecule has 1 N–H and O–H groups in total. The minimum absolute atomic E-state index is 0.0307. The van der Waals surface area contributed by atoms with Gasteiger partial charge < -0.3 is 27.9 Å². The maximum Gasteiger partial charge on any atom is 0.200 e. The monoisotopic (exact) mass is 684 g/mol. The Morgan fingerprint density at radius 3 is 1.80 bits per heavy atom. The predicted octanol–water partition coefficient (Wildman–Crippen LogP) is 9.79. The SMILES string of the molecule is CC[Si](CC)(CC)O[C@H]1C[C@@](C)(O[Si](CC)(CC)CC)[C@H]2CC[C@@](O)(C=O)[C@@H](/C=C\1[C@H](C)CO[Si](C(C)C)(C(C)C)C(C)C)O2. The third-order valence-electron chi connectivity index (χ3n) is 12.4. The maximum atomic E-state index is 12.5. The van der Waals surface area contributed by atoms with E-state index < -0.39 is 42.3 Å². The number of hydrogen-bond acceptors (Lipinski definition) is 6. The molecule has 0 amide bonds. The van der Waals surface area contributed by atoms with Crippen molar-refractivity contribution >= 4 is 31.2 Å². The van der Waals surface area contributed by atoms with E-state index in [9.17, 15) is 9.90 Å². The van der Waals surface area contributed by atoms with Crippen molar-refractivity contribution < 1.29 is 27.9 Å². The Hall–Kier alpha value is -0.139. The molecule has 0 saturated carbocycles. The third kappa shape index (κ3) is 8.54. The van der Waals surface area contributed by atoms with Crippen LogP contribution < -0.4 is 0 Å². The van der Waals surface area contributed by atoms with Gasteiger partial charge >= 0.3 is 0 Å². The van der Waals surface area contributed by atoms with Gasteiger partial charge in [0, 0.05) is 18.9 Å². The Morgan fingerprint density at radius 2 is 1.38 bits per heavy atom. The lowest BCUT2D eigenvalue weighted by atomic mass is 9.76. The second-order valence-electron chi connectivity index (χ2n) is 15.6. The van der Waals surface area contributed by atoms with Crippen molar-refractivity contribution in [2.24, 2.45) is 5.92 Å². The van der Waals surface area contributed by atoms with Gasteiger partial charge in [0.15, 0.2) is 31.2 Å². The zero-order valence-electron chi connectivity index (χ0n) is 31.8.